The van der Waals surface area contributed by atoms with Gasteiger partial charge in [-0.3, -0.25) is 4.79 Å². The zero-order valence-electron chi connectivity index (χ0n) is 9.43. The summed E-state index contributed by atoms with van der Waals surface area (Å²) in [6.07, 6.45) is -6.67. The highest BCUT2D eigenvalue weighted by molar-refractivity contribution is 5.66. The molecule has 42 valence electrons. The monoisotopic (exact) mass is 110 g/mol. The summed E-state index contributed by atoms with van der Waals surface area (Å²) in [6, 6.07) is 0. The summed E-state index contributed by atoms with van der Waals surface area (Å²) in [5.41, 5.74) is 4.69. The van der Waals surface area contributed by atoms with Crippen molar-refractivity contribution in [3.05, 3.63) is 0 Å². The van der Waals surface area contributed by atoms with Gasteiger partial charge in [0.25, 0.3) is 0 Å². The number of carboxylic acids is 1. The van der Waals surface area contributed by atoms with Crippen molar-refractivity contribution in [3.63, 3.8) is 0 Å². The van der Waals surface area contributed by atoms with Gasteiger partial charge in [-0.05, 0) is 12.9 Å². The van der Waals surface area contributed by atoms with Gasteiger partial charge in [-0.15, -0.1) is 0 Å². The van der Waals surface area contributed by atoms with E-state index >= 15 is 0 Å². The lowest BCUT2D eigenvalue weighted by Crippen LogP contribution is -2.02. The summed E-state index contributed by atoms with van der Waals surface area (Å²) < 4.78 is 41.0. The van der Waals surface area contributed by atoms with Gasteiger partial charge in [0.15, 0.2) is 0 Å². The molecule has 3 heteroatoms. The van der Waals surface area contributed by atoms with Crippen LogP contribution in [0.1, 0.15) is 21.0 Å². The van der Waals surface area contributed by atoms with E-state index < -0.39 is 25.2 Å². The fraction of sp³-hybridized carbons (Fsp3) is 0.750. The van der Waals surface area contributed by atoms with Gasteiger partial charge in [-0.2, -0.15) is 0 Å². The second-order valence-corrected chi connectivity index (χ2v) is 0.699. The number of hydrogen-bond donors (Lipinski definition) is 2. The molecule has 0 amide bonds. The largest absolute Gasteiger partial charge is 0.481 e. The van der Waals surface area contributed by atoms with E-state index in [0.717, 1.165) is 0 Å². The molecule has 0 atom stereocenters. The predicted molar refractivity (Wildman–Crippen MR) is 25.9 cm³/mol. The van der Waals surface area contributed by atoms with Crippen LogP contribution in [0, 0.1) is 0 Å². The molecular weight excluding hydrogens is 95.0 g/mol. The number of aliphatic carboxylic acids is 1. The van der Waals surface area contributed by atoms with Crippen LogP contribution in [0.15, 0.2) is 0 Å². The van der Waals surface area contributed by atoms with Crippen LogP contribution in [0.4, 0.5) is 0 Å². The van der Waals surface area contributed by atoms with E-state index in [0.29, 0.717) is 0 Å². The molecule has 0 radical (unpaired) electrons. The van der Waals surface area contributed by atoms with Gasteiger partial charge in [0.05, 0.1) is 0 Å². The standard InChI is InChI=1S/C4H9NO2/c5-3-1-2-4(6)7/h1-3,5H2,(H,6,7)/i1D2,2D2,3+1D2. The zero-order chi connectivity index (χ0) is 11.1. The molecule has 0 aliphatic rings. The van der Waals surface area contributed by atoms with Crippen molar-refractivity contribution in [1.29, 1.82) is 0 Å². The Morgan fingerprint density at radius 1 is 2.00 bits per heavy atom. The van der Waals surface area contributed by atoms with E-state index in [2.05, 4.69) is 0 Å². The van der Waals surface area contributed by atoms with Crippen LogP contribution in [-0.4, -0.2) is 17.6 Å². The summed E-state index contributed by atoms with van der Waals surface area (Å²) in [7, 11) is 0. The number of nitrogens with two attached hydrogens (primary N) is 1. The Kier molecular flexibility index (Phi) is 0.749. The van der Waals surface area contributed by atoms with Crippen molar-refractivity contribution >= 4 is 5.97 Å². The maximum Gasteiger partial charge on any atom is 0.303 e. The lowest BCUT2D eigenvalue weighted by Gasteiger charge is -1.86. The highest BCUT2D eigenvalue weighted by Gasteiger charge is 1.91. The average molecular weight is 110 g/mol. The quantitative estimate of drug-likeness (QED) is 0.495. The molecule has 0 aliphatic heterocycles. The van der Waals surface area contributed by atoms with Crippen molar-refractivity contribution in [3.8, 4) is 0 Å². The van der Waals surface area contributed by atoms with Gasteiger partial charge < -0.3 is 10.8 Å². The lowest BCUT2D eigenvalue weighted by molar-refractivity contribution is -0.137. The van der Waals surface area contributed by atoms with Crippen molar-refractivity contribution in [2.75, 3.05) is 6.50 Å². The number of carbonyl (C=O) groups is 1. The second kappa shape index (κ2) is 3.61. The Hall–Kier alpha value is -0.570. The Labute approximate surface area is 50.6 Å². The molecule has 0 rings (SSSR count). The third kappa shape index (κ3) is 5.43. The Bertz CT molecular complexity index is 221. The van der Waals surface area contributed by atoms with Gasteiger partial charge in [0.2, 0.25) is 0 Å². The Balaban J connectivity index is 5.16. The molecule has 0 fully saturated rings. The lowest BCUT2D eigenvalue weighted by atomic mass is 10.4. The molecule has 0 heterocycles. The van der Waals surface area contributed by atoms with E-state index in [4.69, 9.17) is 19.1 Å². The molecule has 0 saturated carbocycles. The van der Waals surface area contributed by atoms with Crippen molar-refractivity contribution < 1.29 is 18.1 Å². The molecule has 0 aromatic heterocycles. The van der Waals surface area contributed by atoms with E-state index in [1.54, 1.807) is 0 Å². The van der Waals surface area contributed by atoms with Gasteiger partial charge in [-0.25, -0.2) is 0 Å². The molecule has 0 saturated heterocycles. The smallest absolute Gasteiger partial charge is 0.303 e. The molecule has 3 nitrogen and oxygen atoms in total. The molecule has 0 aliphatic carbocycles. The van der Waals surface area contributed by atoms with Gasteiger partial charge >= 0.3 is 5.97 Å². The maximum absolute atomic E-state index is 10.3. The third-order valence-electron chi connectivity index (χ3n) is 0.242. The normalized spacial score (nSPS) is 27.6. The molecule has 0 spiro atoms. The topological polar surface area (TPSA) is 63.3 Å². The Morgan fingerprint density at radius 3 is 2.71 bits per heavy atom. The first-order valence-corrected chi connectivity index (χ1v) is 1.47. The van der Waals surface area contributed by atoms with Crippen LogP contribution < -0.4 is 5.73 Å². The highest BCUT2D eigenvalue weighted by atomic mass is 16.4. The SMILES string of the molecule is [2H]C([2H])(C(=O)O)C([2H])([2H])[13C]([2H])([2H])N. The van der Waals surface area contributed by atoms with Crippen molar-refractivity contribution in [2.24, 2.45) is 5.73 Å². The van der Waals surface area contributed by atoms with E-state index in [9.17, 15) is 4.79 Å². The average Bonchev–Trinajstić information content (AvgIpc) is 1.84. The van der Waals surface area contributed by atoms with Crippen LogP contribution in [-0.2, 0) is 4.79 Å². The number of carboxylic acid groups (broad SMARTS) is 1. The predicted octanol–water partition coefficient (Wildman–Crippen LogP) is -0.190. The molecule has 0 aromatic rings. The van der Waals surface area contributed by atoms with E-state index in [-0.39, 0.29) is 0 Å². The van der Waals surface area contributed by atoms with Gasteiger partial charge in [0.1, 0.15) is 0 Å². The summed E-state index contributed by atoms with van der Waals surface area (Å²) in [6.45, 7) is -3.06. The maximum atomic E-state index is 10.3. The molecule has 0 unspecified atom stereocenters. The van der Waals surface area contributed by atoms with Crippen molar-refractivity contribution in [1.82, 2.24) is 0 Å². The van der Waals surface area contributed by atoms with Crippen LogP contribution >= 0.6 is 0 Å². The second-order valence-electron chi connectivity index (χ2n) is 0.699. The van der Waals surface area contributed by atoms with Crippen LogP contribution in [0.2, 0.25) is 0 Å². The zero-order valence-corrected chi connectivity index (χ0v) is 3.43. The molecule has 0 aromatic carbocycles. The third-order valence-corrected chi connectivity index (χ3v) is 0.242. The Morgan fingerprint density at radius 2 is 2.57 bits per heavy atom. The highest BCUT2D eigenvalue weighted by Crippen LogP contribution is 1.82. The first-order chi connectivity index (χ1) is 5.44. The molecule has 3 N–H and O–H groups in total. The number of rotatable bonds is 3. The van der Waals surface area contributed by atoms with Crippen molar-refractivity contribution in [2.45, 2.75) is 12.7 Å². The fourth-order valence-corrected chi connectivity index (χ4v) is 0.0896. The molecular formula is C4H9NO2. The molecule has 7 heavy (non-hydrogen) atoms. The van der Waals surface area contributed by atoms with E-state index in [1.165, 1.54) is 0 Å². The summed E-state index contributed by atoms with van der Waals surface area (Å²) >= 11 is 0. The van der Waals surface area contributed by atoms with Crippen LogP contribution in [0.3, 0.4) is 0 Å². The minimum absolute atomic E-state index is 2.09. The summed E-state index contributed by atoms with van der Waals surface area (Å²) in [5, 5.41) is 8.30. The first-order valence-electron chi connectivity index (χ1n) is 4.47. The minimum atomic E-state index is -3.37. The summed E-state index contributed by atoms with van der Waals surface area (Å²) in [5.74, 6) is -2.09. The fourth-order valence-electron chi connectivity index (χ4n) is 0.0896. The van der Waals surface area contributed by atoms with Crippen LogP contribution in [0.25, 0.3) is 0 Å². The molecule has 0 bridgehead atoms. The van der Waals surface area contributed by atoms with Gasteiger partial charge in [0, 0.05) is 14.6 Å². The summed E-state index contributed by atoms with van der Waals surface area (Å²) in [4.78, 5) is 10.3. The minimum Gasteiger partial charge on any atom is -0.481 e. The van der Waals surface area contributed by atoms with Crippen LogP contribution in [0.5, 0.6) is 0 Å². The van der Waals surface area contributed by atoms with E-state index in [1.807, 2.05) is 0 Å². The first kappa shape index (κ1) is 1.45. The van der Waals surface area contributed by atoms with Gasteiger partial charge in [-0.1, -0.05) is 0 Å². The number of hydrogen-bond acceptors (Lipinski definition) is 2.